The van der Waals surface area contributed by atoms with Crippen molar-refractivity contribution >= 4 is 11.8 Å². The number of phenolic OH excluding ortho intramolecular Hbond substituents is 1. The van der Waals surface area contributed by atoms with Gasteiger partial charge >= 0.3 is 0 Å². The molecule has 0 saturated heterocycles. The van der Waals surface area contributed by atoms with Crippen molar-refractivity contribution in [1.29, 1.82) is 0 Å². The summed E-state index contributed by atoms with van der Waals surface area (Å²) in [6, 6.07) is 11.8. The average molecular weight is 297 g/mol. The average Bonchev–Trinajstić information content (AvgIpc) is 2.79. The number of imide groups is 1. The van der Waals surface area contributed by atoms with Crippen LogP contribution in [-0.4, -0.2) is 35.5 Å². The van der Waals surface area contributed by atoms with E-state index >= 15 is 0 Å². The van der Waals surface area contributed by atoms with E-state index in [1.54, 1.807) is 36.4 Å². The number of rotatable bonds is 4. The maximum Gasteiger partial charge on any atom is 0.261 e. The molecule has 112 valence electrons. The van der Waals surface area contributed by atoms with Gasteiger partial charge in [-0.05, 0) is 36.2 Å². The monoisotopic (exact) mass is 297 g/mol. The first kappa shape index (κ1) is 14.1. The van der Waals surface area contributed by atoms with Crippen LogP contribution in [0.25, 0.3) is 0 Å². The first-order chi connectivity index (χ1) is 10.6. The molecule has 0 spiro atoms. The van der Waals surface area contributed by atoms with Crippen LogP contribution < -0.4 is 4.74 Å². The van der Waals surface area contributed by atoms with E-state index in [-0.39, 0.29) is 17.6 Å². The molecule has 22 heavy (non-hydrogen) atoms. The highest BCUT2D eigenvalue weighted by atomic mass is 16.5. The smallest absolute Gasteiger partial charge is 0.261 e. The van der Waals surface area contributed by atoms with Crippen molar-refractivity contribution in [2.45, 2.75) is 6.42 Å². The highest BCUT2D eigenvalue weighted by Crippen LogP contribution is 2.27. The number of methoxy groups -OCH3 is 1. The Labute approximate surface area is 127 Å². The topological polar surface area (TPSA) is 66.8 Å². The van der Waals surface area contributed by atoms with Gasteiger partial charge in [-0.25, -0.2) is 0 Å². The van der Waals surface area contributed by atoms with Gasteiger partial charge in [0, 0.05) is 6.54 Å². The van der Waals surface area contributed by atoms with Gasteiger partial charge in [-0.2, -0.15) is 0 Å². The Morgan fingerprint density at radius 3 is 2.27 bits per heavy atom. The van der Waals surface area contributed by atoms with Crippen LogP contribution in [0.3, 0.4) is 0 Å². The molecule has 2 amide bonds. The van der Waals surface area contributed by atoms with E-state index in [9.17, 15) is 14.7 Å². The molecular weight excluding hydrogens is 282 g/mol. The van der Waals surface area contributed by atoms with E-state index in [4.69, 9.17) is 4.74 Å². The standard InChI is InChI=1S/C17H15NO4/c1-22-15-10-11(6-7-14(15)19)8-9-18-16(20)12-4-2-3-5-13(12)17(18)21/h2-7,10,19H,8-9H2,1H3. The third-order valence-corrected chi connectivity index (χ3v) is 3.75. The molecule has 0 aliphatic carbocycles. The lowest BCUT2D eigenvalue weighted by molar-refractivity contribution is 0.0656. The van der Waals surface area contributed by atoms with Gasteiger partial charge in [-0.1, -0.05) is 18.2 Å². The van der Waals surface area contributed by atoms with E-state index in [0.29, 0.717) is 29.8 Å². The molecule has 1 heterocycles. The van der Waals surface area contributed by atoms with Crippen molar-refractivity contribution < 1.29 is 19.4 Å². The van der Waals surface area contributed by atoms with Crippen molar-refractivity contribution in [3.8, 4) is 11.5 Å². The molecule has 1 N–H and O–H groups in total. The number of phenols is 1. The molecule has 5 nitrogen and oxygen atoms in total. The molecule has 3 rings (SSSR count). The molecule has 5 heteroatoms. The van der Waals surface area contributed by atoms with Crippen LogP contribution in [0.15, 0.2) is 42.5 Å². The zero-order chi connectivity index (χ0) is 15.7. The number of hydrogen-bond acceptors (Lipinski definition) is 4. The Balaban J connectivity index is 1.76. The Morgan fingerprint density at radius 1 is 1.05 bits per heavy atom. The van der Waals surface area contributed by atoms with E-state index in [2.05, 4.69) is 0 Å². The molecule has 0 atom stereocenters. The van der Waals surface area contributed by atoms with Crippen LogP contribution in [-0.2, 0) is 6.42 Å². The molecular formula is C17H15NO4. The van der Waals surface area contributed by atoms with Crippen LogP contribution in [0, 0.1) is 0 Å². The third-order valence-electron chi connectivity index (χ3n) is 3.75. The predicted molar refractivity (Wildman–Crippen MR) is 80.2 cm³/mol. The van der Waals surface area contributed by atoms with E-state index in [0.717, 1.165) is 5.56 Å². The molecule has 2 aromatic carbocycles. The summed E-state index contributed by atoms with van der Waals surface area (Å²) < 4.78 is 5.05. The minimum atomic E-state index is -0.258. The van der Waals surface area contributed by atoms with Crippen LogP contribution in [0.2, 0.25) is 0 Å². The molecule has 1 aliphatic heterocycles. The Morgan fingerprint density at radius 2 is 1.68 bits per heavy atom. The molecule has 1 aliphatic rings. The fourth-order valence-electron chi connectivity index (χ4n) is 2.56. The van der Waals surface area contributed by atoms with Gasteiger partial charge in [0.05, 0.1) is 18.2 Å². The first-order valence-corrected chi connectivity index (χ1v) is 6.93. The molecule has 0 unspecified atom stereocenters. The lowest BCUT2D eigenvalue weighted by atomic mass is 10.1. The lowest BCUT2D eigenvalue weighted by Gasteiger charge is -2.14. The molecule has 2 aromatic rings. The minimum Gasteiger partial charge on any atom is -0.504 e. The zero-order valence-corrected chi connectivity index (χ0v) is 12.1. The van der Waals surface area contributed by atoms with Crippen molar-refractivity contribution in [2.24, 2.45) is 0 Å². The van der Waals surface area contributed by atoms with Gasteiger partial charge in [0.15, 0.2) is 11.5 Å². The summed E-state index contributed by atoms with van der Waals surface area (Å²) in [5, 5.41) is 9.57. The minimum absolute atomic E-state index is 0.0620. The SMILES string of the molecule is COc1cc(CCN2C(=O)c3ccccc3C2=O)ccc1O. The predicted octanol–water partition coefficient (Wildman–Crippen LogP) is 2.24. The highest BCUT2D eigenvalue weighted by Gasteiger charge is 2.34. The summed E-state index contributed by atoms with van der Waals surface area (Å²) in [5.74, 6) is -0.0791. The second kappa shape index (κ2) is 5.52. The molecule has 0 radical (unpaired) electrons. The summed E-state index contributed by atoms with van der Waals surface area (Å²) in [7, 11) is 1.48. The number of fused-ring (bicyclic) bond motifs is 1. The Bertz CT molecular complexity index is 719. The summed E-state index contributed by atoms with van der Waals surface area (Å²) >= 11 is 0. The number of carbonyl (C=O) groups is 2. The second-order valence-electron chi connectivity index (χ2n) is 5.06. The van der Waals surface area contributed by atoms with Gasteiger partial charge < -0.3 is 9.84 Å². The van der Waals surface area contributed by atoms with Gasteiger partial charge in [0.25, 0.3) is 11.8 Å². The molecule has 0 bridgehead atoms. The molecule has 0 fully saturated rings. The van der Waals surface area contributed by atoms with Crippen molar-refractivity contribution in [2.75, 3.05) is 13.7 Å². The molecule has 0 aromatic heterocycles. The number of aromatic hydroxyl groups is 1. The van der Waals surface area contributed by atoms with Gasteiger partial charge in [0.2, 0.25) is 0 Å². The van der Waals surface area contributed by atoms with Crippen LogP contribution >= 0.6 is 0 Å². The van der Waals surface area contributed by atoms with Crippen LogP contribution in [0.4, 0.5) is 0 Å². The van der Waals surface area contributed by atoms with Gasteiger partial charge in [-0.3, -0.25) is 14.5 Å². The van der Waals surface area contributed by atoms with Gasteiger partial charge in [0.1, 0.15) is 0 Å². The second-order valence-corrected chi connectivity index (χ2v) is 5.06. The quantitative estimate of drug-likeness (QED) is 0.879. The summed E-state index contributed by atoms with van der Waals surface area (Å²) in [6.45, 7) is 0.292. The Hall–Kier alpha value is -2.82. The fraction of sp³-hybridized carbons (Fsp3) is 0.176. The maximum atomic E-state index is 12.2. The summed E-state index contributed by atoms with van der Waals surface area (Å²) in [4.78, 5) is 25.7. The Kier molecular flexibility index (Phi) is 3.55. The highest BCUT2D eigenvalue weighted by molar-refractivity contribution is 6.21. The van der Waals surface area contributed by atoms with E-state index in [1.807, 2.05) is 0 Å². The maximum absolute atomic E-state index is 12.2. The van der Waals surface area contributed by atoms with Crippen molar-refractivity contribution in [3.63, 3.8) is 0 Å². The third kappa shape index (κ3) is 2.30. The first-order valence-electron chi connectivity index (χ1n) is 6.93. The number of hydrogen-bond donors (Lipinski definition) is 1. The zero-order valence-electron chi connectivity index (χ0n) is 12.1. The largest absolute Gasteiger partial charge is 0.504 e. The molecule has 0 saturated carbocycles. The lowest BCUT2D eigenvalue weighted by Crippen LogP contribution is -2.31. The normalized spacial score (nSPS) is 13.4. The number of ether oxygens (including phenoxy) is 1. The van der Waals surface area contributed by atoms with Crippen LogP contribution in [0.5, 0.6) is 11.5 Å². The van der Waals surface area contributed by atoms with Crippen molar-refractivity contribution in [3.05, 3.63) is 59.2 Å². The summed E-state index contributed by atoms with van der Waals surface area (Å²) in [5.41, 5.74) is 1.79. The number of amides is 2. The van der Waals surface area contributed by atoms with Crippen LogP contribution in [0.1, 0.15) is 26.3 Å². The van der Waals surface area contributed by atoms with E-state index in [1.165, 1.54) is 18.1 Å². The number of nitrogens with zero attached hydrogens (tertiary/aromatic N) is 1. The number of benzene rings is 2. The van der Waals surface area contributed by atoms with E-state index < -0.39 is 0 Å². The van der Waals surface area contributed by atoms with Crippen molar-refractivity contribution in [1.82, 2.24) is 4.90 Å². The fourth-order valence-corrected chi connectivity index (χ4v) is 2.56. The number of carbonyl (C=O) groups excluding carboxylic acids is 2. The van der Waals surface area contributed by atoms with Gasteiger partial charge in [-0.15, -0.1) is 0 Å². The summed E-state index contributed by atoms with van der Waals surface area (Å²) in [6.07, 6.45) is 0.502.